The third kappa shape index (κ3) is 8.23. The molecular weight excluding hydrogens is 645 g/mol. The standard InChI is InChI=1S/C38H44N2S5/c1-3-5-7-9-11-13-17-27-21-23-29(43-27)33-34(30-24-22-28(44-30)18-14-12-10-8-6-4-2)40-36-35(39-33)37(31-19-15-25-41-31)45-38(36)32-20-16-26-42-32/h15-16,19-26H,3-14,17-18H2,1-2H3. The van der Waals surface area contributed by atoms with Crippen LogP contribution in [-0.2, 0) is 12.8 Å². The molecule has 0 spiro atoms. The highest BCUT2D eigenvalue weighted by molar-refractivity contribution is 7.27. The normalized spacial score (nSPS) is 11.7. The molecule has 0 atom stereocenters. The highest BCUT2D eigenvalue weighted by Gasteiger charge is 2.24. The smallest absolute Gasteiger partial charge is 0.110 e. The Bertz CT molecular complexity index is 1610. The molecule has 7 heteroatoms. The Morgan fingerprint density at radius 3 is 1.33 bits per heavy atom. The van der Waals surface area contributed by atoms with E-state index < -0.39 is 0 Å². The molecule has 45 heavy (non-hydrogen) atoms. The van der Waals surface area contributed by atoms with Crippen molar-refractivity contribution in [3.8, 4) is 40.7 Å². The Labute approximate surface area is 289 Å². The molecule has 0 bridgehead atoms. The first-order chi connectivity index (χ1) is 22.2. The maximum atomic E-state index is 5.54. The summed E-state index contributed by atoms with van der Waals surface area (Å²) < 4.78 is 0. The minimum atomic E-state index is 1.04. The van der Waals surface area contributed by atoms with Crippen molar-refractivity contribution in [2.45, 2.75) is 104 Å². The molecule has 0 N–H and O–H groups in total. The number of unbranched alkanes of at least 4 members (excludes halogenated alkanes) is 10. The zero-order chi connectivity index (χ0) is 30.8. The van der Waals surface area contributed by atoms with Gasteiger partial charge in [-0.05, 0) is 72.8 Å². The van der Waals surface area contributed by atoms with Gasteiger partial charge in [0.05, 0.1) is 19.5 Å². The summed E-state index contributed by atoms with van der Waals surface area (Å²) >= 11 is 9.27. The third-order valence-corrected chi connectivity index (χ3v) is 13.9. The number of rotatable bonds is 18. The van der Waals surface area contributed by atoms with E-state index in [1.54, 1.807) is 22.7 Å². The molecular formula is C38H44N2S5. The highest BCUT2D eigenvalue weighted by atomic mass is 32.1. The Hall–Kier alpha value is -2.16. The van der Waals surface area contributed by atoms with E-state index in [4.69, 9.17) is 9.97 Å². The molecule has 6 heterocycles. The molecule has 0 fully saturated rings. The fourth-order valence-corrected chi connectivity index (χ4v) is 10.8. The van der Waals surface area contributed by atoms with E-state index >= 15 is 0 Å². The summed E-state index contributed by atoms with van der Waals surface area (Å²) in [5.41, 5.74) is 4.17. The maximum Gasteiger partial charge on any atom is 0.110 e. The van der Waals surface area contributed by atoms with Crippen molar-refractivity contribution in [3.05, 3.63) is 69.0 Å². The molecule has 0 aliphatic carbocycles. The number of hydrogen-bond donors (Lipinski definition) is 0. The summed E-state index contributed by atoms with van der Waals surface area (Å²) in [5, 5.41) is 4.33. The van der Waals surface area contributed by atoms with Crippen LogP contribution >= 0.6 is 56.7 Å². The number of thiophene rings is 5. The highest BCUT2D eigenvalue weighted by Crippen LogP contribution is 2.48. The minimum absolute atomic E-state index is 1.04. The molecule has 0 unspecified atom stereocenters. The zero-order valence-corrected chi connectivity index (χ0v) is 30.7. The fraction of sp³-hybridized carbons (Fsp3) is 0.421. The topological polar surface area (TPSA) is 25.8 Å². The average Bonchev–Trinajstić information content (AvgIpc) is 3.89. The summed E-state index contributed by atoms with van der Waals surface area (Å²) in [7, 11) is 0. The molecule has 6 rings (SSSR count). The van der Waals surface area contributed by atoms with Crippen LogP contribution in [0.1, 0.15) is 101 Å². The van der Waals surface area contributed by atoms with E-state index in [9.17, 15) is 0 Å². The number of nitrogens with zero attached hydrogens (tertiary/aromatic N) is 2. The molecule has 236 valence electrons. The number of aromatic nitrogens is 2. The summed E-state index contributed by atoms with van der Waals surface area (Å²) in [6.45, 7) is 4.58. The fourth-order valence-electron chi connectivity index (χ4n) is 5.88. The van der Waals surface area contributed by atoms with Crippen molar-refractivity contribution in [2.24, 2.45) is 0 Å². The quantitative estimate of drug-likeness (QED) is 0.0840. The van der Waals surface area contributed by atoms with Gasteiger partial charge in [-0.2, -0.15) is 0 Å². The first-order valence-corrected chi connectivity index (χ1v) is 21.1. The predicted molar refractivity (Wildman–Crippen MR) is 205 cm³/mol. The van der Waals surface area contributed by atoms with Crippen LogP contribution in [0, 0.1) is 0 Å². The van der Waals surface area contributed by atoms with Gasteiger partial charge in [0.15, 0.2) is 0 Å². The molecule has 6 aromatic rings. The Balaban J connectivity index is 1.35. The molecule has 6 aromatic heterocycles. The van der Waals surface area contributed by atoms with Crippen molar-refractivity contribution in [1.29, 1.82) is 0 Å². The van der Waals surface area contributed by atoms with Gasteiger partial charge in [0, 0.05) is 19.5 Å². The van der Waals surface area contributed by atoms with Crippen LogP contribution < -0.4 is 0 Å². The molecule has 0 saturated carbocycles. The maximum absolute atomic E-state index is 5.54. The largest absolute Gasteiger partial charge is 0.241 e. The molecule has 0 aliphatic rings. The predicted octanol–water partition coefficient (Wildman–Crippen LogP) is 14.4. The van der Waals surface area contributed by atoms with Crippen LogP contribution in [0.2, 0.25) is 0 Å². The first-order valence-electron chi connectivity index (χ1n) is 16.9. The zero-order valence-electron chi connectivity index (χ0n) is 26.6. The van der Waals surface area contributed by atoms with Crippen molar-refractivity contribution in [2.75, 3.05) is 0 Å². The van der Waals surface area contributed by atoms with Gasteiger partial charge in [-0.15, -0.1) is 56.7 Å². The van der Waals surface area contributed by atoms with E-state index in [0.29, 0.717) is 0 Å². The van der Waals surface area contributed by atoms with Crippen LogP contribution in [0.15, 0.2) is 59.3 Å². The van der Waals surface area contributed by atoms with E-state index in [-0.39, 0.29) is 0 Å². The van der Waals surface area contributed by atoms with E-state index in [1.807, 2.05) is 34.0 Å². The van der Waals surface area contributed by atoms with Gasteiger partial charge in [0.2, 0.25) is 0 Å². The van der Waals surface area contributed by atoms with Gasteiger partial charge in [-0.25, -0.2) is 9.97 Å². The summed E-state index contributed by atoms with van der Waals surface area (Å²) in [6.07, 6.45) is 18.3. The summed E-state index contributed by atoms with van der Waals surface area (Å²) in [6, 6.07) is 18.0. The molecule has 0 saturated heterocycles. The van der Waals surface area contributed by atoms with E-state index in [2.05, 4.69) is 73.1 Å². The average molecular weight is 689 g/mol. The lowest BCUT2D eigenvalue weighted by Gasteiger charge is -2.07. The summed E-state index contributed by atoms with van der Waals surface area (Å²) in [4.78, 5) is 21.5. The van der Waals surface area contributed by atoms with Crippen molar-refractivity contribution in [1.82, 2.24) is 9.97 Å². The third-order valence-electron chi connectivity index (χ3n) is 8.36. The van der Waals surface area contributed by atoms with Crippen molar-refractivity contribution < 1.29 is 0 Å². The second kappa shape index (κ2) is 16.6. The molecule has 2 nitrogen and oxygen atoms in total. The number of fused-ring (bicyclic) bond motifs is 1. The van der Waals surface area contributed by atoms with E-state index in [1.165, 1.54) is 116 Å². The molecule has 0 aromatic carbocycles. The monoisotopic (exact) mass is 688 g/mol. The van der Waals surface area contributed by atoms with Gasteiger partial charge in [-0.3, -0.25) is 0 Å². The van der Waals surface area contributed by atoms with Gasteiger partial charge < -0.3 is 0 Å². The van der Waals surface area contributed by atoms with Crippen molar-refractivity contribution >= 4 is 67.7 Å². The second-order valence-electron chi connectivity index (χ2n) is 11.9. The number of aryl methyl sites for hydroxylation is 2. The van der Waals surface area contributed by atoms with Gasteiger partial charge in [0.1, 0.15) is 22.4 Å². The summed E-state index contributed by atoms with van der Waals surface area (Å²) in [5.74, 6) is 0. The van der Waals surface area contributed by atoms with Gasteiger partial charge in [-0.1, -0.05) is 90.2 Å². The Morgan fingerprint density at radius 1 is 0.467 bits per heavy atom. The molecule has 0 radical (unpaired) electrons. The van der Waals surface area contributed by atoms with Crippen LogP contribution in [0.4, 0.5) is 0 Å². The van der Waals surface area contributed by atoms with Crippen LogP contribution in [0.25, 0.3) is 51.7 Å². The minimum Gasteiger partial charge on any atom is -0.241 e. The number of hydrogen-bond acceptors (Lipinski definition) is 7. The SMILES string of the molecule is CCCCCCCCc1ccc(-c2nc3c(-c4cccs4)sc(-c4cccs4)c3nc2-c2ccc(CCCCCCCC)s2)s1. The Morgan fingerprint density at radius 2 is 0.911 bits per heavy atom. The second-order valence-corrected chi connectivity index (χ2v) is 17.2. The van der Waals surface area contributed by atoms with Crippen LogP contribution in [-0.4, -0.2) is 9.97 Å². The Kier molecular flexibility index (Phi) is 12.1. The van der Waals surface area contributed by atoms with Crippen molar-refractivity contribution in [3.63, 3.8) is 0 Å². The molecule has 0 amide bonds. The lowest BCUT2D eigenvalue weighted by Crippen LogP contribution is -1.92. The lowest BCUT2D eigenvalue weighted by atomic mass is 10.1. The van der Waals surface area contributed by atoms with Crippen LogP contribution in [0.5, 0.6) is 0 Å². The lowest BCUT2D eigenvalue weighted by molar-refractivity contribution is 0.609. The van der Waals surface area contributed by atoms with Crippen LogP contribution in [0.3, 0.4) is 0 Å². The van der Waals surface area contributed by atoms with Gasteiger partial charge >= 0.3 is 0 Å². The van der Waals surface area contributed by atoms with Gasteiger partial charge in [0.25, 0.3) is 0 Å². The van der Waals surface area contributed by atoms with E-state index in [0.717, 1.165) is 35.3 Å². The molecule has 0 aliphatic heterocycles. The first kappa shape index (κ1) is 32.8.